The zero-order chi connectivity index (χ0) is 9.26. The van der Waals surface area contributed by atoms with Gasteiger partial charge in [-0.15, -0.1) is 0 Å². The maximum atomic E-state index is 3.30. The summed E-state index contributed by atoms with van der Waals surface area (Å²) in [5.74, 6) is 0. The third kappa shape index (κ3) is 1.70. The molecule has 1 radical (unpaired) electrons. The topological polar surface area (TPSA) is 0 Å². The minimum absolute atomic E-state index is 0.197. The van der Waals surface area contributed by atoms with Crippen molar-refractivity contribution in [2.24, 2.45) is 0 Å². The molecule has 0 amide bonds. The summed E-state index contributed by atoms with van der Waals surface area (Å²) in [5, 5.41) is 2.36. The molecule has 0 N–H and O–H groups in total. The fourth-order valence-corrected chi connectivity index (χ4v) is 3.54. The van der Waals surface area contributed by atoms with E-state index in [4.69, 9.17) is 0 Å². The van der Waals surface area contributed by atoms with Crippen molar-refractivity contribution in [3.63, 3.8) is 0 Å². The lowest BCUT2D eigenvalue weighted by Crippen LogP contribution is -1.77. The van der Waals surface area contributed by atoms with Crippen molar-refractivity contribution in [1.82, 2.24) is 0 Å². The Kier molecular flexibility index (Phi) is 2.28. The van der Waals surface area contributed by atoms with Crippen LogP contribution < -0.4 is 0 Å². The van der Waals surface area contributed by atoms with Crippen LogP contribution in [0.15, 0.2) is 51.1 Å². The van der Waals surface area contributed by atoms with Gasteiger partial charge in [0, 0.05) is 4.90 Å². The summed E-state index contributed by atoms with van der Waals surface area (Å²) in [6.45, 7) is 4.37. The third-order valence-corrected chi connectivity index (χ3v) is 4.45. The molecule has 1 heterocycles. The lowest BCUT2D eigenvalue weighted by Gasteiger charge is -2.14. The number of benzene rings is 1. The van der Waals surface area contributed by atoms with Gasteiger partial charge in [-0.05, 0) is 41.9 Å². The molecule has 0 spiro atoms. The van der Waals surface area contributed by atoms with Gasteiger partial charge in [0.1, 0.15) is 0 Å². The van der Waals surface area contributed by atoms with Crippen LogP contribution in [0, 0.1) is 6.07 Å². The monoisotopic (exact) mass is 189 g/mol. The first kappa shape index (κ1) is 8.64. The van der Waals surface area contributed by atoms with Gasteiger partial charge in [-0.1, -0.05) is 24.3 Å². The Morgan fingerprint density at radius 1 is 1.23 bits per heavy atom. The molecular formula is C12H13S. The first-order valence-corrected chi connectivity index (χ1v) is 5.81. The van der Waals surface area contributed by atoms with E-state index in [0.29, 0.717) is 0 Å². The van der Waals surface area contributed by atoms with Crippen LogP contribution >= 0.6 is 10.9 Å². The summed E-state index contributed by atoms with van der Waals surface area (Å²) in [6.07, 6.45) is 2.27. The second-order valence-corrected chi connectivity index (χ2v) is 5.46. The molecule has 1 heteroatoms. The van der Waals surface area contributed by atoms with Crippen molar-refractivity contribution < 1.29 is 0 Å². The Hall–Kier alpha value is -0.950. The number of rotatable bonds is 1. The smallest absolute Gasteiger partial charge is 0.00263 e. The van der Waals surface area contributed by atoms with Gasteiger partial charge in [0.15, 0.2) is 0 Å². The van der Waals surface area contributed by atoms with Crippen LogP contribution in [-0.4, -0.2) is 0 Å². The normalized spacial score (nSPS) is 24.0. The van der Waals surface area contributed by atoms with Crippen molar-refractivity contribution in [2.45, 2.75) is 18.7 Å². The first-order valence-electron chi connectivity index (χ1n) is 4.40. The molecule has 1 atom stereocenters. The molecule has 0 saturated carbocycles. The molecule has 0 fully saturated rings. The highest BCUT2D eigenvalue weighted by Crippen LogP contribution is 2.49. The fraction of sp³-hybridized carbons (Fsp3) is 0.167. The maximum Gasteiger partial charge on any atom is 0.00263 e. The Morgan fingerprint density at radius 2 is 2.08 bits per heavy atom. The van der Waals surface area contributed by atoms with Gasteiger partial charge in [0.25, 0.3) is 0 Å². The van der Waals surface area contributed by atoms with E-state index in [9.17, 15) is 0 Å². The van der Waals surface area contributed by atoms with Crippen LogP contribution in [0.2, 0.25) is 0 Å². The maximum absolute atomic E-state index is 3.30. The van der Waals surface area contributed by atoms with Crippen LogP contribution in [-0.2, 0) is 0 Å². The molecule has 13 heavy (non-hydrogen) atoms. The number of hydrogen-bond acceptors (Lipinski definition) is 0. The van der Waals surface area contributed by atoms with E-state index in [0.717, 1.165) is 0 Å². The number of allylic oxidation sites excluding steroid dienone is 3. The quantitative estimate of drug-likeness (QED) is 0.640. The zero-order valence-electron chi connectivity index (χ0n) is 7.91. The minimum Gasteiger partial charge on any atom is -0.183 e. The largest absolute Gasteiger partial charge is 0.183 e. The van der Waals surface area contributed by atoms with Crippen molar-refractivity contribution in [3.05, 3.63) is 52.3 Å². The summed E-state index contributed by atoms with van der Waals surface area (Å²) < 4.78 is 0. The number of hydrogen-bond donors (Lipinski definition) is 1. The predicted molar refractivity (Wildman–Crippen MR) is 60.0 cm³/mol. The van der Waals surface area contributed by atoms with E-state index in [1.54, 1.807) is 0 Å². The van der Waals surface area contributed by atoms with E-state index in [2.05, 4.69) is 43.5 Å². The predicted octanol–water partition coefficient (Wildman–Crippen LogP) is 3.67. The highest BCUT2D eigenvalue weighted by atomic mass is 32.2. The lowest BCUT2D eigenvalue weighted by atomic mass is 10.3. The minimum atomic E-state index is -0.197. The van der Waals surface area contributed by atoms with Gasteiger partial charge in [0.2, 0.25) is 0 Å². The van der Waals surface area contributed by atoms with E-state index in [1.807, 2.05) is 12.1 Å². The summed E-state index contributed by atoms with van der Waals surface area (Å²) >= 11 is 0. The highest BCUT2D eigenvalue weighted by Gasteiger charge is 2.11. The molecule has 67 valence electrons. The summed E-state index contributed by atoms with van der Waals surface area (Å²) in [5.41, 5.74) is 1.39. The van der Waals surface area contributed by atoms with Crippen molar-refractivity contribution >= 4 is 10.9 Å². The molecule has 0 nitrogen and oxygen atoms in total. The van der Waals surface area contributed by atoms with Gasteiger partial charge in [-0.2, -0.15) is 10.9 Å². The fourth-order valence-electron chi connectivity index (χ4n) is 1.53. The molecule has 0 aromatic heterocycles. The SMILES string of the molecule is CC1=C[SH](c2[c]cccc2)C(C)=C1. The van der Waals surface area contributed by atoms with Gasteiger partial charge in [-0.25, -0.2) is 0 Å². The molecule has 0 aliphatic carbocycles. The molecule has 2 rings (SSSR count). The Morgan fingerprint density at radius 3 is 2.62 bits per heavy atom. The summed E-state index contributed by atoms with van der Waals surface area (Å²) in [7, 11) is -0.197. The highest BCUT2D eigenvalue weighted by molar-refractivity contribution is 8.23. The van der Waals surface area contributed by atoms with Crippen molar-refractivity contribution in [2.75, 3.05) is 0 Å². The third-order valence-electron chi connectivity index (χ3n) is 2.10. The first-order chi connectivity index (χ1) is 6.27. The van der Waals surface area contributed by atoms with E-state index in [1.165, 1.54) is 15.4 Å². The zero-order valence-corrected chi connectivity index (χ0v) is 8.81. The Bertz CT molecular complexity index is 360. The summed E-state index contributed by atoms with van der Waals surface area (Å²) in [6, 6.07) is 11.6. The second-order valence-electron chi connectivity index (χ2n) is 3.28. The second kappa shape index (κ2) is 3.43. The summed E-state index contributed by atoms with van der Waals surface area (Å²) in [4.78, 5) is 2.82. The average molecular weight is 189 g/mol. The standard InChI is InChI=1S/C12H13S/c1-10-8-11(2)13(9-10)12-6-4-3-5-7-12/h3-6,8-9,13H,1-2H3. The van der Waals surface area contributed by atoms with Crippen LogP contribution in [0.1, 0.15) is 13.8 Å². The molecule has 1 aliphatic rings. The molecule has 1 unspecified atom stereocenters. The van der Waals surface area contributed by atoms with E-state index in [-0.39, 0.29) is 10.9 Å². The molecular weight excluding hydrogens is 176 g/mol. The van der Waals surface area contributed by atoms with Crippen molar-refractivity contribution in [3.8, 4) is 0 Å². The van der Waals surface area contributed by atoms with Crippen molar-refractivity contribution in [1.29, 1.82) is 0 Å². The Labute approximate surface area is 82.3 Å². The van der Waals surface area contributed by atoms with Crippen LogP contribution in [0.5, 0.6) is 0 Å². The van der Waals surface area contributed by atoms with Gasteiger partial charge < -0.3 is 0 Å². The number of thiol groups is 1. The molecule has 0 bridgehead atoms. The van der Waals surface area contributed by atoms with Gasteiger partial charge >= 0.3 is 0 Å². The lowest BCUT2D eigenvalue weighted by molar-refractivity contribution is 1.44. The van der Waals surface area contributed by atoms with Crippen LogP contribution in [0.25, 0.3) is 0 Å². The van der Waals surface area contributed by atoms with E-state index >= 15 is 0 Å². The van der Waals surface area contributed by atoms with E-state index < -0.39 is 0 Å². The van der Waals surface area contributed by atoms with Crippen LogP contribution in [0.4, 0.5) is 0 Å². The molecule has 1 aromatic rings. The average Bonchev–Trinajstić information content (AvgIpc) is 2.47. The Balaban J connectivity index is 2.35. The van der Waals surface area contributed by atoms with Gasteiger partial charge in [-0.3, -0.25) is 0 Å². The molecule has 1 aliphatic heterocycles. The molecule has 1 aromatic carbocycles. The molecule has 0 saturated heterocycles. The van der Waals surface area contributed by atoms with Gasteiger partial charge in [0.05, 0.1) is 0 Å². The van der Waals surface area contributed by atoms with Crippen LogP contribution in [0.3, 0.4) is 0 Å².